The van der Waals surface area contributed by atoms with Crippen LogP contribution in [0.1, 0.15) is 0 Å². The third-order valence-corrected chi connectivity index (χ3v) is 3.14. The Morgan fingerprint density at radius 1 is 1.55 bits per heavy atom. The van der Waals surface area contributed by atoms with E-state index in [2.05, 4.69) is 20.7 Å². The largest absolute Gasteiger partial charge is 0.385 e. The summed E-state index contributed by atoms with van der Waals surface area (Å²) in [7, 11) is 0. The van der Waals surface area contributed by atoms with Gasteiger partial charge in [0.1, 0.15) is 12.6 Å². The molecule has 0 bridgehead atoms. The Hall–Kier alpha value is -1.94. The lowest BCUT2D eigenvalue weighted by atomic mass is 10.3. The Morgan fingerprint density at radius 3 is 3.00 bits per heavy atom. The second-order valence-electron chi connectivity index (χ2n) is 3.83. The molecule has 0 aliphatic heterocycles. The fourth-order valence-electron chi connectivity index (χ4n) is 1.31. The van der Waals surface area contributed by atoms with Crippen molar-refractivity contribution in [3.8, 4) is 10.7 Å². The van der Waals surface area contributed by atoms with E-state index in [1.807, 2.05) is 17.5 Å². The average molecular weight is 303 g/mol. The number of thiophene rings is 1. The number of hydrogen-bond donors (Lipinski definition) is 2. The third-order valence-electron chi connectivity index (χ3n) is 2.28. The van der Waals surface area contributed by atoms with Gasteiger partial charge in [0.25, 0.3) is 6.43 Å². The summed E-state index contributed by atoms with van der Waals surface area (Å²) in [5, 5.41) is 24.3. The summed E-state index contributed by atoms with van der Waals surface area (Å²) < 4.78 is 24.1. The molecule has 0 aromatic carbocycles. The zero-order valence-corrected chi connectivity index (χ0v) is 10.9. The number of tetrazole rings is 1. The normalized spacial score (nSPS) is 12.6. The first-order valence-corrected chi connectivity index (χ1v) is 6.49. The molecule has 2 heterocycles. The predicted molar refractivity (Wildman–Crippen MR) is 66.2 cm³/mol. The minimum Gasteiger partial charge on any atom is -0.385 e. The number of hydrogen-bond acceptors (Lipinski definition) is 6. The second-order valence-corrected chi connectivity index (χ2v) is 4.77. The van der Waals surface area contributed by atoms with Gasteiger partial charge in [0.05, 0.1) is 4.88 Å². The lowest BCUT2D eigenvalue weighted by Crippen LogP contribution is -2.37. The molecule has 0 fully saturated rings. The SMILES string of the molecule is O=C(Cn1nnc(-c2cccs2)n1)NCC(O)C(F)F. The summed E-state index contributed by atoms with van der Waals surface area (Å²) >= 11 is 1.43. The van der Waals surface area contributed by atoms with E-state index in [4.69, 9.17) is 5.11 Å². The van der Waals surface area contributed by atoms with Crippen LogP contribution in [-0.2, 0) is 11.3 Å². The summed E-state index contributed by atoms with van der Waals surface area (Å²) in [5.41, 5.74) is 0. The van der Waals surface area contributed by atoms with Gasteiger partial charge in [0, 0.05) is 6.54 Å². The summed E-state index contributed by atoms with van der Waals surface area (Å²) in [5.74, 6) is -0.194. The molecule has 7 nitrogen and oxygen atoms in total. The number of aliphatic hydroxyl groups excluding tert-OH is 1. The van der Waals surface area contributed by atoms with Crippen LogP contribution >= 0.6 is 11.3 Å². The van der Waals surface area contributed by atoms with Crippen LogP contribution in [0.15, 0.2) is 17.5 Å². The summed E-state index contributed by atoms with van der Waals surface area (Å²) in [6.07, 6.45) is -4.78. The monoisotopic (exact) mass is 303 g/mol. The molecule has 10 heteroatoms. The molecule has 108 valence electrons. The van der Waals surface area contributed by atoms with E-state index in [0.29, 0.717) is 5.82 Å². The number of halogens is 2. The number of nitrogens with one attached hydrogen (secondary N) is 1. The smallest absolute Gasteiger partial charge is 0.265 e. The van der Waals surface area contributed by atoms with Gasteiger partial charge in [0.2, 0.25) is 11.7 Å². The number of alkyl halides is 2. The van der Waals surface area contributed by atoms with Crippen LogP contribution in [0, 0.1) is 0 Å². The van der Waals surface area contributed by atoms with E-state index >= 15 is 0 Å². The molecule has 0 aliphatic carbocycles. The van der Waals surface area contributed by atoms with Crippen molar-refractivity contribution in [2.24, 2.45) is 0 Å². The Balaban J connectivity index is 1.86. The quantitative estimate of drug-likeness (QED) is 0.792. The van der Waals surface area contributed by atoms with Crippen LogP contribution in [0.4, 0.5) is 8.78 Å². The maximum absolute atomic E-state index is 12.0. The average Bonchev–Trinajstić information content (AvgIpc) is 3.05. The zero-order chi connectivity index (χ0) is 14.5. The Bertz CT molecular complexity index is 560. The van der Waals surface area contributed by atoms with Gasteiger partial charge in [-0.15, -0.1) is 21.5 Å². The predicted octanol–water partition coefficient (Wildman–Crippen LogP) is 0.144. The minimum atomic E-state index is -2.90. The first kappa shape index (κ1) is 14.5. The topological polar surface area (TPSA) is 92.9 Å². The number of amides is 1. The van der Waals surface area contributed by atoms with Crippen molar-refractivity contribution in [1.82, 2.24) is 25.5 Å². The van der Waals surface area contributed by atoms with Gasteiger partial charge >= 0.3 is 0 Å². The van der Waals surface area contributed by atoms with E-state index in [1.165, 1.54) is 11.3 Å². The van der Waals surface area contributed by atoms with Crippen LogP contribution in [0.3, 0.4) is 0 Å². The molecule has 20 heavy (non-hydrogen) atoms. The fraction of sp³-hybridized carbons (Fsp3) is 0.400. The van der Waals surface area contributed by atoms with Gasteiger partial charge in [0.15, 0.2) is 0 Å². The van der Waals surface area contributed by atoms with Crippen molar-refractivity contribution in [3.63, 3.8) is 0 Å². The molecule has 0 radical (unpaired) electrons. The number of carbonyl (C=O) groups excluding carboxylic acids is 1. The highest BCUT2D eigenvalue weighted by molar-refractivity contribution is 7.13. The lowest BCUT2D eigenvalue weighted by Gasteiger charge is -2.09. The van der Waals surface area contributed by atoms with Crippen LogP contribution in [-0.4, -0.2) is 50.3 Å². The second kappa shape index (κ2) is 6.48. The highest BCUT2D eigenvalue weighted by atomic mass is 32.1. The van der Waals surface area contributed by atoms with E-state index in [9.17, 15) is 13.6 Å². The van der Waals surface area contributed by atoms with Crippen LogP contribution < -0.4 is 5.32 Å². The first-order valence-electron chi connectivity index (χ1n) is 5.61. The molecule has 0 aliphatic rings. The van der Waals surface area contributed by atoms with Gasteiger partial charge in [-0.05, 0) is 16.7 Å². The number of aromatic nitrogens is 4. The van der Waals surface area contributed by atoms with Crippen molar-refractivity contribution in [2.75, 3.05) is 6.54 Å². The molecule has 0 spiro atoms. The van der Waals surface area contributed by atoms with Crippen molar-refractivity contribution >= 4 is 17.2 Å². The molecule has 2 rings (SSSR count). The van der Waals surface area contributed by atoms with Gasteiger partial charge < -0.3 is 10.4 Å². The number of nitrogens with zero attached hydrogens (tertiary/aromatic N) is 4. The standard InChI is InChI=1S/C10H11F2N5O2S/c11-9(12)6(18)4-13-8(19)5-17-15-10(14-16-17)7-2-1-3-20-7/h1-3,6,9,18H,4-5H2,(H,13,19). The molecule has 0 saturated heterocycles. The number of aliphatic hydroxyl groups is 1. The van der Waals surface area contributed by atoms with Gasteiger partial charge in [-0.2, -0.15) is 4.80 Å². The van der Waals surface area contributed by atoms with Crippen LogP contribution in [0.25, 0.3) is 10.7 Å². The van der Waals surface area contributed by atoms with Gasteiger partial charge in [-0.3, -0.25) is 4.79 Å². The van der Waals surface area contributed by atoms with Crippen LogP contribution in [0.2, 0.25) is 0 Å². The van der Waals surface area contributed by atoms with E-state index in [0.717, 1.165) is 9.67 Å². The maximum atomic E-state index is 12.0. The molecule has 2 N–H and O–H groups in total. The van der Waals surface area contributed by atoms with Crippen molar-refractivity contribution in [1.29, 1.82) is 0 Å². The molecule has 2 aromatic rings. The molecule has 1 atom stereocenters. The van der Waals surface area contributed by atoms with E-state index in [-0.39, 0.29) is 6.54 Å². The molecule has 2 aromatic heterocycles. The highest BCUT2D eigenvalue weighted by Gasteiger charge is 2.18. The highest BCUT2D eigenvalue weighted by Crippen LogP contribution is 2.19. The molecule has 1 unspecified atom stereocenters. The van der Waals surface area contributed by atoms with Gasteiger partial charge in [-0.25, -0.2) is 8.78 Å². The van der Waals surface area contributed by atoms with Crippen molar-refractivity contribution in [3.05, 3.63) is 17.5 Å². The van der Waals surface area contributed by atoms with E-state index in [1.54, 1.807) is 0 Å². The zero-order valence-electron chi connectivity index (χ0n) is 10.1. The lowest BCUT2D eigenvalue weighted by molar-refractivity contribution is -0.123. The Morgan fingerprint density at radius 2 is 2.35 bits per heavy atom. The third kappa shape index (κ3) is 3.78. The van der Waals surface area contributed by atoms with Crippen molar-refractivity contribution in [2.45, 2.75) is 19.1 Å². The minimum absolute atomic E-state index is 0.256. The first-order chi connectivity index (χ1) is 9.56. The molecular weight excluding hydrogens is 292 g/mol. The van der Waals surface area contributed by atoms with Gasteiger partial charge in [-0.1, -0.05) is 6.07 Å². The number of rotatable bonds is 6. The molecule has 1 amide bonds. The fourth-order valence-corrected chi connectivity index (χ4v) is 1.95. The number of carbonyl (C=O) groups is 1. The molecule has 0 saturated carbocycles. The Kier molecular flexibility index (Phi) is 4.69. The van der Waals surface area contributed by atoms with E-state index < -0.39 is 25.0 Å². The molecular formula is C10H11F2N5O2S. The summed E-state index contributed by atoms with van der Waals surface area (Å²) in [6, 6.07) is 3.64. The summed E-state index contributed by atoms with van der Waals surface area (Å²) in [6.45, 7) is -0.780. The Labute approximate surface area is 116 Å². The van der Waals surface area contributed by atoms with Crippen LogP contribution in [0.5, 0.6) is 0 Å². The van der Waals surface area contributed by atoms with Crippen molar-refractivity contribution < 1.29 is 18.7 Å². The summed E-state index contributed by atoms with van der Waals surface area (Å²) in [4.78, 5) is 13.3. The maximum Gasteiger partial charge on any atom is 0.265 e.